The monoisotopic (exact) mass is 193 g/mol. The minimum atomic E-state index is 0.488. The lowest BCUT2D eigenvalue weighted by Gasteiger charge is -2.33. The summed E-state index contributed by atoms with van der Waals surface area (Å²) >= 11 is 0. The molecule has 0 aromatic heterocycles. The maximum Gasteiger partial charge on any atom is 0.0221 e. The van der Waals surface area contributed by atoms with E-state index in [2.05, 4.69) is 32.7 Å². The van der Waals surface area contributed by atoms with Crippen LogP contribution in [-0.2, 0) is 0 Å². The average molecular weight is 193 g/mol. The highest BCUT2D eigenvalue weighted by Gasteiger charge is 2.26. The smallest absolute Gasteiger partial charge is 0.0221 e. The van der Waals surface area contributed by atoms with Gasteiger partial charge in [-0.25, -0.2) is 0 Å². The first-order valence-corrected chi connectivity index (χ1v) is 5.86. The summed E-state index contributed by atoms with van der Waals surface area (Å²) in [4.78, 5) is 0. The Kier molecular flexibility index (Phi) is 4.32. The molecule has 2 N–H and O–H groups in total. The Bertz CT molecular complexity index is 221. The third-order valence-electron chi connectivity index (χ3n) is 3.72. The SMILES string of the molecule is CC(C)C1CCCC(C(C)C#CN)C1. The van der Waals surface area contributed by atoms with Gasteiger partial charge in [-0.15, -0.1) is 0 Å². The molecule has 1 fully saturated rings. The number of rotatable bonds is 2. The third-order valence-corrected chi connectivity index (χ3v) is 3.72. The van der Waals surface area contributed by atoms with Crippen LogP contribution in [0.5, 0.6) is 0 Å². The molecule has 0 saturated heterocycles. The zero-order chi connectivity index (χ0) is 10.6. The van der Waals surface area contributed by atoms with Crippen molar-refractivity contribution in [1.82, 2.24) is 0 Å². The summed E-state index contributed by atoms with van der Waals surface area (Å²) in [6.07, 6.45) is 5.49. The zero-order valence-electron chi connectivity index (χ0n) is 9.72. The Morgan fingerprint density at radius 2 is 1.79 bits per heavy atom. The molecule has 0 amide bonds. The second-order valence-corrected chi connectivity index (χ2v) is 5.01. The molecule has 0 aromatic carbocycles. The Morgan fingerprint density at radius 3 is 2.36 bits per heavy atom. The van der Waals surface area contributed by atoms with Crippen LogP contribution in [0, 0.1) is 35.6 Å². The Hall–Kier alpha value is -0.640. The van der Waals surface area contributed by atoms with Gasteiger partial charge in [-0.05, 0) is 30.6 Å². The summed E-state index contributed by atoms with van der Waals surface area (Å²) in [6.45, 7) is 6.89. The highest BCUT2D eigenvalue weighted by Crippen LogP contribution is 2.36. The molecule has 1 saturated carbocycles. The van der Waals surface area contributed by atoms with E-state index in [0.29, 0.717) is 5.92 Å². The molecular formula is C13H23N. The van der Waals surface area contributed by atoms with Crippen molar-refractivity contribution in [2.45, 2.75) is 46.5 Å². The van der Waals surface area contributed by atoms with Crippen LogP contribution in [0.25, 0.3) is 0 Å². The lowest BCUT2D eigenvalue weighted by atomic mass is 9.72. The van der Waals surface area contributed by atoms with Crippen LogP contribution in [0.4, 0.5) is 0 Å². The molecular weight excluding hydrogens is 170 g/mol. The first kappa shape index (κ1) is 11.4. The fraction of sp³-hybridized carbons (Fsp3) is 0.846. The van der Waals surface area contributed by atoms with Gasteiger partial charge in [0.25, 0.3) is 0 Å². The second kappa shape index (κ2) is 5.29. The fourth-order valence-electron chi connectivity index (χ4n) is 2.58. The highest BCUT2D eigenvalue weighted by atomic mass is 14.5. The Balaban J connectivity index is 2.50. The predicted molar refractivity (Wildman–Crippen MR) is 61.4 cm³/mol. The standard InChI is InChI=1S/C13H23N/c1-10(2)12-5-4-6-13(9-12)11(3)7-8-14/h10-13H,4-6,9,14H2,1-3H3. The van der Waals surface area contributed by atoms with E-state index in [1.54, 1.807) is 0 Å². The highest BCUT2D eigenvalue weighted by molar-refractivity contribution is 5.01. The summed E-state index contributed by atoms with van der Waals surface area (Å²) in [6, 6.07) is 2.56. The van der Waals surface area contributed by atoms with Crippen molar-refractivity contribution in [2.75, 3.05) is 0 Å². The molecule has 0 aromatic rings. The van der Waals surface area contributed by atoms with Crippen LogP contribution in [0.3, 0.4) is 0 Å². The van der Waals surface area contributed by atoms with Crippen LogP contribution >= 0.6 is 0 Å². The summed E-state index contributed by atoms with van der Waals surface area (Å²) in [7, 11) is 0. The first-order chi connectivity index (χ1) is 6.65. The van der Waals surface area contributed by atoms with E-state index in [1.807, 2.05) is 0 Å². The molecule has 3 atom stereocenters. The predicted octanol–water partition coefficient (Wildman–Crippen LogP) is 3.00. The van der Waals surface area contributed by atoms with Crippen molar-refractivity contribution in [2.24, 2.45) is 29.4 Å². The quantitative estimate of drug-likeness (QED) is 0.529. The maximum absolute atomic E-state index is 5.27. The van der Waals surface area contributed by atoms with Crippen molar-refractivity contribution in [3.8, 4) is 12.0 Å². The van der Waals surface area contributed by atoms with Crippen molar-refractivity contribution in [3.63, 3.8) is 0 Å². The van der Waals surface area contributed by atoms with E-state index in [4.69, 9.17) is 5.73 Å². The minimum Gasteiger partial charge on any atom is -0.359 e. The lowest BCUT2D eigenvalue weighted by molar-refractivity contribution is 0.190. The van der Waals surface area contributed by atoms with Crippen molar-refractivity contribution in [1.29, 1.82) is 0 Å². The van der Waals surface area contributed by atoms with Crippen LogP contribution in [-0.4, -0.2) is 0 Å². The number of hydrogen-bond donors (Lipinski definition) is 1. The van der Waals surface area contributed by atoms with E-state index in [-0.39, 0.29) is 0 Å². The van der Waals surface area contributed by atoms with Crippen LogP contribution < -0.4 is 5.73 Å². The molecule has 1 heteroatoms. The topological polar surface area (TPSA) is 26.0 Å². The Labute approximate surface area is 88.5 Å². The molecule has 0 heterocycles. The van der Waals surface area contributed by atoms with E-state index in [1.165, 1.54) is 25.7 Å². The molecule has 14 heavy (non-hydrogen) atoms. The fourth-order valence-corrected chi connectivity index (χ4v) is 2.58. The zero-order valence-corrected chi connectivity index (χ0v) is 9.72. The molecule has 80 valence electrons. The Morgan fingerprint density at radius 1 is 1.14 bits per heavy atom. The van der Waals surface area contributed by atoms with Crippen LogP contribution in [0.15, 0.2) is 0 Å². The minimum absolute atomic E-state index is 0.488. The van der Waals surface area contributed by atoms with Gasteiger partial charge in [-0.2, -0.15) is 0 Å². The summed E-state index contributed by atoms with van der Waals surface area (Å²) in [5, 5.41) is 0. The van der Waals surface area contributed by atoms with Gasteiger partial charge < -0.3 is 5.73 Å². The third kappa shape index (κ3) is 2.94. The van der Waals surface area contributed by atoms with Gasteiger partial charge >= 0.3 is 0 Å². The average Bonchev–Trinajstić information content (AvgIpc) is 2.18. The molecule has 1 aliphatic carbocycles. The van der Waals surface area contributed by atoms with Crippen molar-refractivity contribution < 1.29 is 0 Å². The van der Waals surface area contributed by atoms with Crippen LogP contribution in [0.1, 0.15) is 46.5 Å². The largest absolute Gasteiger partial charge is 0.359 e. The van der Waals surface area contributed by atoms with Gasteiger partial charge in [0.2, 0.25) is 0 Å². The molecule has 0 radical (unpaired) electrons. The van der Waals surface area contributed by atoms with Crippen molar-refractivity contribution >= 4 is 0 Å². The van der Waals surface area contributed by atoms with Gasteiger partial charge in [-0.3, -0.25) is 0 Å². The summed E-state index contributed by atoms with van der Waals surface area (Å²) < 4.78 is 0. The van der Waals surface area contributed by atoms with Crippen molar-refractivity contribution in [3.05, 3.63) is 0 Å². The van der Waals surface area contributed by atoms with Gasteiger partial charge in [0.1, 0.15) is 0 Å². The second-order valence-electron chi connectivity index (χ2n) is 5.01. The molecule has 0 spiro atoms. The van der Waals surface area contributed by atoms with E-state index < -0.39 is 0 Å². The number of nitrogens with two attached hydrogens (primary N) is 1. The number of hydrogen-bond acceptors (Lipinski definition) is 1. The summed E-state index contributed by atoms with van der Waals surface area (Å²) in [5.74, 6) is 6.12. The molecule has 1 aliphatic rings. The van der Waals surface area contributed by atoms with E-state index >= 15 is 0 Å². The first-order valence-electron chi connectivity index (χ1n) is 5.86. The van der Waals surface area contributed by atoms with Gasteiger partial charge in [-0.1, -0.05) is 39.5 Å². The van der Waals surface area contributed by atoms with Crippen LogP contribution in [0.2, 0.25) is 0 Å². The van der Waals surface area contributed by atoms with Gasteiger partial charge in [0.15, 0.2) is 0 Å². The van der Waals surface area contributed by atoms with Gasteiger partial charge in [0.05, 0.1) is 0 Å². The molecule has 1 rings (SSSR count). The summed E-state index contributed by atoms with van der Waals surface area (Å²) in [5.41, 5.74) is 5.27. The molecule has 1 nitrogen and oxygen atoms in total. The lowest BCUT2D eigenvalue weighted by Crippen LogP contribution is -2.23. The van der Waals surface area contributed by atoms with Gasteiger partial charge in [0, 0.05) is 12.0 Å². The van der Waals surface area contributed by atoms with E-state index in [0.717, 1.165) is 17.8 Å². The maximum atomic E-state index is 5.27. The normalized spacial score (nSPS) is 29.4. The van der Waals surface area contributed by atoms with E-state index in [9.17, 15) is 0 Å². The molecule has 3 unspecified atom stereocenters. The molecule has 0 aliphatic heterocycles. The molecule has 0 bridgehead atoms.